The van der Waals surface area contributed by atoms with Crippen molar-refractivity contribution in [3.8, 4) is 0 Å². The summed E-state index contributed by atoms with van der Waals surface area (Å²) >= 11 is 5.83. The predicted molar refractivity (Wildman–Crippen MR) is 95.2 cm³/mol. The molecule has 1 fully saturated rings. The minimum Gasteiger partial charge on any atom is -0.371 e. The highest BCUT2D eigenvalue weighted by atomic mass is 35.5. The van der Waals surface area contributed by atoms with E-state index in [-0.39, 0.29) is 16.8 Å². The molecule has 3 rings (SSSR count). The van der Waals surface area contributed by atoms with Gasteiger partial charge in [-0.05, 0) is 36.8 Å². The zero-order chi connectivity index (χ0) is 18.0. The summed E-state index contributed by atoms with van der Waals surface area (Å²) < 4.78 is 32.1. The average Bonchev–Trinajstić information content (AvgIpc) is 2.55. The van der Waals surface area contributed by atoms with E-state index in [4.69, 9.17) is 16.3 Å². The molecule has 0 N–H and O–H groups in total. The molecule has 0 spiro atoms. The first-order chi connectivity index (χ1) is 11.9. The number of sulfonamides is 1. The zero-order valence-electron chi connectivity index (χ0n) is 13.7. The SMILES string of the molecule is CC(=O)c1ccc(S(=O)(=O)N2CC(OCc3ccc(Cl)cc3)C2)cc1. The fourth-order valence-corrected chi connectivity index (χ4v) is 4.14. The van der Waals surface area contributed by atoms with Crippen LogP contribution in [0.1, 0.15) is 22.8 Å². The molecule has 1 aliphatic heterocycles. The number of halogens is 1. The molecule has 0 saturated carbocycles. The Balaban J connectivity index is 1.55. The van der Waals surface area contributed by atoms with E-state index in [0.29, 0.717) is 30.3 Å². The molecule has 0 amide bonds. The van der Waals surface area contributed by atoms with Crippen LogP contribution in [0.5, 0.6) is 0 Å². The third-order valence-corrected chi connectivity index (χ3v) is 6.21. The van der Waals surface area contributed by atoms with Gasteiger partial charge in [0.1, 0.15) is 0 Å². The second-order valence-electron chi connectivity index (χ2n) is 5.96. The van der Waals surface area contributed by atoms with Gasteiger partial charge in [-0.25, -0.2) is 8.42 Å². The van der Waals surface area contributed by atoms with Crippen LogP contribution in [0.4, 0.5) is 0 Å². The molecule has 0 atom stereocenters. The normalized spacial score (nSPS) is 15.8. The average molecular weight is 380 g/mol. The Kier molecular flexibility index (Phi) is 5.24. The summed E-state index contributed by atoms with van der Waals surface area (Å²) in [4.78, 5) is 11.5. The molecule has 2 aromatic carbocycles. The van der Waals surface area contributed by atoms with E-state index in [9.17, 15) is 13.2 Å². The molecular weight excluding hydrogens is 362 g/mol. The molecule has 2 aromatic rings. The van der Waals surface area contributed by atoms with Gasteiger partial charge in [-0.1, -0.05) is 35.9 Å². The molecule has 0 unspecified atom stereocenters. The Labute approximate surface area is 152 Å². The lowest BCUT2D eigenvalue weighted by Gasteiger charge is -2.37. The zero-order valence-corrected chi connectivity index (χ0v) is 15.3. The van der Waals surface area contributed by atoms with Crippen molar-refractivity contribution in [3.05, 3.63) is 64.7 Å². The summed E-state index contributed by atoms with van der Waals surface area (Å²) in [5.74, 6) is -0.0939. The van der Waals surface area contributed by atoms with Crippen molar-refractivity contribution in [3.63, 3.8) is 0 Å². The van der Waals surface area contributed by atoms with E-state index in [1.807, 2.05) is 12.1 Å². The highest BCUT2D eigenvalue weighted by Gasteiger charge is 2.37. The van der Waals surface area contributed by atoms with E-state index >= 15 is 0 Å². The number of benzene rings is 2. The number of hydrogen-bond donors (Lipinski definition) is 0. The van der Waals surface area contributed by atoms with Gasteiger partial charge < -0.3 is 4.74 Å². The summed E-state index contributed by atoms with van der Waals surface area (Å²) in [5.41, 5.74) is 1.48. The molecule has 132 valence electrons. The standard InChI is InChI=1S/C18H18ClNO4S/c1-13(21)15-4-8-18(9-5-15)25(22,23)20-10-17(11-20)24-12-14-2-6-16(19)7-3-14/h2-9,17H,10-12H2,1H3. The molecule has 0 bridgehead atoms. The van der Waals surface area contributed by atoms with Crippen molar-refractivity contribution in [1.82, 2.24) is 4.31 Å². The number of carbonyl (C=O) groups is 1. The van der Waals surface area contributed by atoms with E-state index in [1.54, 1.807) is 12.1 Å². The van der Waals surface area contributed by atoms with E-state index in [0.717, 1.165) is 5.56 Å². The lowest BCUT2D eigenvalue weighted by molar-refractivity contribution is -0.0295. The Hall–Kier alpha value is -1.73. The molecule has 1 aliphatic rings. The van der Waals surface area contributed by atoms with Crippen LogP contribution in [0.2, 0.25) is 5.02 Å². The summed E-state index contributed by atoms with van der Waals surface area (Å²) in [6.45, 7) is 2.51. The van der Waals surface area contributed by atoms with Gasteiger partial charge in [-0.3, -0.25) is 4.79 Å². The lowest BCUT2D eigenvalue weighted by atomic mass is 10.2. The molecule has 25 heavy (non-hydrogen) atoms. The largest absolute Gasteiger partial charge is 0.371 e. The van der Waals surface area contributed by atoms with Crippen LogP contribution in [-0.2, 0) is 21.4 Å². The minimum absolute atomic E-state index is 0.0939. The molecule has 5 nitrogen and oxygen atoms in total. The van der Waals surface area contributed by atoms with Gasteiger partial charge >= 0.3 is 0 Å². The molecule has 1 saturated heterocycles. The van der Waals surface area contributed by atoms with E-state index in [2.05, 4.69) is 0 Å². The van der Waals surface area contributed by atoms with Crippen LogP contribution < -0.4 is 0 Å². The first-order valence-corrected chi connectivity index (χ1v) is 9.65. The Morgan fingerprint density at radius 2 is 1.72 bits per heavy atom. The van der Waals surface area contributed by atoms with Crippen LogP contribution in [0.15, 0.2) is 53.4 Å². The number of Topliss-reactive ketones (excluding diaryl/α,β-unsaturated/α-hetero) is 1. The topological polar surface area (TPSA) is 63.7 Å². The summed E-state index contributed by atoms with van der Waals surface area (Å²) in [5, 5.41) is 0.667. The van der Waals surface area contributed by atoms with Crippen LogP contribution in [0.3, 0.4) is 0 Å². The summed E-state index contributed by atoms with van der Waals surface area (Å²) in [6, 6.07) is 13.3. The van der Waals surface area contributed by atoms with Crippen LogP contribution in [0, 0.1) is 0 Å². The van der Waals surface area contributed by atoms with Gasteiger partial charge in [0, 0.05) is 23.7 Å². The van der Waals surface area contributed by atoms with Crippen molar-refractivity contribution in [2.75, 3.05) is 13.1 Å². The highest BCUT2D eigenvalue weighted by Crippen LogP contribution is 2.24. The number of ether oxygens (including phenoxy) is 1. The maximum atomic E-state index is 12.5. The second-order valence-corrected chi connectivity index (χ2v) is 8.34. The van der Waals surface area contributed by atoms with Crippen LogP contribution in [0.25, 0.3) is 0 Å². The maximum Gasteiger partial charge on any atom is 0.243 e. The van der Waals surface area contributed by atoms with Gasteiger partial charge in [-0.2, -0.15) is 4.31 Å². The van der Waals surface area contributed by atoms with Gasteiger partial charge in [0.05, 0.1) is 17.6 Å². The highest BCUT2D eigenvalue weighted by molar-refractivity contribution is 7.89. The predicted octanol–water partition coefficient (Wildman–Crippen LogP) is 3.13. The molecule has 1 heterocycles. The van der Waals surface area contributed by atoms with Crippen molar-refractivity contribution in [2.24, 2.45) is 0 Å². The molecule has 7 heteroatoms. The number of carbonyl (C=O) groups excluding carboxylic acids is 1. The van der Waals surface area contributed by atoms with Gasteiger partial charge in [-0.15, -0.1) is 0 Å². The van der Waals surface area contributed by atoms with Gasteiger partial charge in [0.25, 0.3) is 0 Å². The van der Waals surface area contributed by atoms with E-state index in [1.165, 1.54) is 35.5 Å². The van der Waals surface area contributed by atoms with Crippen molar-refractivity contribution in [2.45, 2.75) is 24.5 Å². The third-order valence-electron chi connectivity index (χ3n) is 4.11. The summed E-state index contributed by atoms with van der Waals surface area (Å²) in [6.07, 6.45) is -0.123. The molecule has 0 radical (unpaired) electrons. The monoisotopic (exact) mass is 379 g/mol. The number of rotatable bonds is 6. The second kappa shape index (κ2) is 7.25. The molecule has 0 aromatic heterocycles. The first kappa shape index (κ1) is 18.1. The number of ketones is 1. The van der Waals surface area contributed by atoms with Crippen molar-refractivity contribution in [1.29, 1.82) is 0 Å². The minimum atomic E-state index is -3.54. The maximum absolute atomic E-state index is 12.5. The third kappa shape index (κ3) is 4.10. The Morgan fingerprint density at radius 3 is 2.28 bits per heavy atom. The Morgan fingerprint density at radius 1 is 1.12 bits per heavy atom. The summed E-state index contributed by atoms with van der Waals surface area (Å²) in [7, 11) is -3.54. The van der Waals surface area contributed by atoms with Crippen LogP contribution >= 0.6 is 11.6 Å². The van der Waals surface area contributed by atoms with Gasteiger partial charge in [0.15, 0.2) is 5.78 Å². The van der Waals surface area contributed by atoms with Crippen molar-refractivity contribution < 1.29 is 17.9 Å². The van der Waals surface area contributed by atoms with Crippen molar-refractivity contribution >= 4 is 27.4 Å². The molecular formula is C18H18ClNO4S. The first-order valence-electron chi connectivity index (χ1n) is 7.83. The quantitative estimate of drug-likeness (QED) is 0.723. The van der Waals surface area contributed by atoms with Crippen LogP contribution in [-0.4, -0.2) is 37.7 Å². The fourth-order valence-electron chi connectivity index (χ4n) is 2.51. The fraction of sp³-hybridized carbons (Fsp3) is 0.278. The number of nitrogens with zero attached hydrogens (tertiary/aromatic N) is 1. The lowest BCUT2D eigenvalue weighted by Crippen LogP contribution is -2.54. The molecule has 0 aliphatic carbocycles. The van der Waals surface area contributed by atoms with Gasteiger partial charge in [0.2, 0.25) is 10.0 Å². The number of hydrogen-bond acceptors (Lipinski definition) is 4. The Bertz CT molecular complexity index is 857. The smallest absolute Gasteiger partial charge is 0.243 e. The van der Waals surface area contributed by atoms with E-state index < -0.39 is 10.0 Å².